The first kappa shape index (κ1) is 27.5. The lowest BCUT2D eigenvalue weighted by atomic mass is 9.95. The molecule has 0 atom stereocenters. The van der Waals surface area contributed by atoms with Gasteiger partial charge in [0.2, 0.25) is 0 Å². The molecule has 0 saturated carbocycles. The van der Waals surface area contributed by atoms with Gasteiger partial charge in [-0.3, -0.25) is 0 Å². The van der Waals surface area contributed by atoms with Crippen LogP contribution in [0, 0.1) is 0 Å². The Bertz CT molecular complexity index is 2860. The highest BCUT2D eigenvalue weighted by Gasteiger charge is 2.15. The van der Waals surface area contributed by atoms with Crippen molar-refractivity contribution in [3.05, 3.63) is 176 Å². The highest BCUT2D eigenvalue weighted by Crippen LogP contribution is 2.40. The fourth-order valence-corrected chi connectivity index (χ4v) is 7.52. The van der Waals surface area contributed by atoms with Gasteiger partial charge in [0.1, 0.15) is 0 Å². The van der Waals surface area contributed by atoms with E-state index in [1.165, 1.54) is 65.7 Å². The molecule has 2 N–H and O–H groups in total. The summed E-state index contributed by atoms with van der Waals surface area (Å²) in [6.45, 7) is 0. The Morgan fingerprint density at radius 3 is 2.00 bits per heavy atom. The lowest BCUT2D eigenvalue weighted by molar-refractivity contribution is 1.18. The summed E-state index contributed by atoms with van der Waals surface area (Å²) >= 11 is 0. The number of aromatic amines is 1. The van der Waals surface area contributed by atoms with Gasteiger partial charge in [0.05, 0.1) is 11.0 Å². The zero-order valence-electron chi connectivity index (χ0n) is 26.7. The SMILES string of the molecule is c1ccc(-n2c3ccccc3c3cc(-c4ccc(Nc5ccc6ccccc6c5)c(-c5ccc6[nH]c7ccccc7c6c5)c4)ccc32)cc1. The van der Waals surface area contributed by atoms with E-state index in [1.807, 2.05) is 0 Å². The number of nitrogens with zero attached hydrogens (tertiary/aromatic N) is 1. The van der Waals surface area contributed by atoms with E-state index in [1.54, 1.807) is 0 Å². The van der Waals surface area contributed by atoms with Crippen LogP contribution in [0.4, 0.5) is 11.4 Å². The number of anilines is 2. The monoisotopic (exact) mass is 625 g/mol. The van der Waals surface area contributed by atoms with Gasteiger partial charge in [0, 0.05) is 55.2 Å². The van der Waals surface area contributed by atoms with Crippen LogP contribution in [0.15, 0.2) is 176 Å². The third-order valence-electron chi connectivity index (χ3n) is 9.89. The number of H-pyrrole nitrogens is 1. The third kappa shape index (κ3) is 4.59. The van der Waals surface area contributed by atoms with Gasteiger partial charge in [-0.2, -0.15) is 0 Å². The minimum absolute atomic E-state index is 1.07. The van der Waals surface area contributed by atoms with Gasteiger partial charge in [-0.25, -0.2) is 0 Å². The second-order valence-electron chi connectivity index (χ2n) is 12.8. The van der Waals surface area contributed by atoms with Crippen LogP contribution in [0.2, 0.25) is 0 Å². The Balaban J connectivity index is 1.15. The van der Waals surface area contributed by atoms with Gasteiger partial charge < -0.3 is 14.9 Å². The first-order valence-electron chi connectivity index (χ1n) is 16.8. The molecule has 0 saturated heterocycles. The summed E-state index contributed by atoms with van der Waals surface area (Å²) < 4.78 is 2.37. The summed E-state index contributed by atoms with van der Waals surface area (Å²) in [5.74, 6) is 0. The number of hydrogen-bond donors (Lipinski definition) is 2. The molecule has 0 fully saturated rings. The largest absolute Gasteiger partial charge is 0.355 e. The van der Waals surface area contributed by atoms with Crippen LogP contribution in [0.5, 0.6) is 0 Å². The number of rotatable bonds is 5. The summed E-state index contributed by atoms with van der Waals surface area (Å²) in [6.07, 6.45) is 0. The molecule has 10 aromatic rings. The smallest absolute Gasteiger partial charge is 0.0541 e. The van der Waals surface area contributed by atoms with E-state index < -0.39 is 0 Å². The molecule has 230 valence electrons. The minimum Gasteiger partial charge on any atom is -0.355 e. The van der Waals surface area contributed by atoms with Crippen molar-refractivity contribution in [2.24, 2.45) is 0 Å². The van der Waals surface area contributed by atoms with Crippen LogP contribution < -0.4 is 5.32 Å². The van der Waals surface area contributed by atoms with Crippen LogP contribution >= 0.6 is 0 Å². The predicted molar refractivity (Wildman–Crippen MR) is 208 cm³/mol. The topological polar surface area (TPSA) is 32.8 Å². The lowest BCUT2D eigenvalue weighted by Crippen LogP contribution is -1.95. The van der Waals surface area contributed by atoms with Gasteiger partial charge in [-0.15, -0.1) is 0 Å². The van der Waals surface area contributed by atoms with Crippen molar-refractivity contribution in [2.45, 2.75) is 0 Å². The van der Waals surface area contributed by atoms with Gasteiger partial charge in [0.15, 0.2) is 0 Å². The molecule has 3 nitrogen and oxygen atoms in total. The fraction of sp³-hybridized carbons (Fsp3) is 0. The maximum absolute atomic E-state index is 3.79. The van der Waals surface area contributed by atoms with E-state index in [2.05, 4.69) is 191 Å². The predicted octanol–water partition coefficient (Wildman–Crippen LogP) is 12.6. The number of para-hydroxylation sites is 3. The van der Waals surface area contributed by atoms with E-state index >= 15 is 0 Å². The zero-order valence-corrected chi connectivity index (χ0v) is 26.7. The van der Waals surface area contributed by atoms with E-state index in [-0.39, 0.29) is 0 Å². The maximum atomic E-state index is 3.79. The van der Waals surface area contributed by atoms with Gasteiger partial charge in [-0.05, 0) is 100 Å². The van der Waals surface area contributed by atoms with Crippen LogP contribution in [0.25, 0.3) is 82.3 Å². The Morgan fingerprint density at radius 2 is 1.08 bits per heavy atom. The van der Waals surface area contributed by atoms with Crippen molar-refractivity contribution in [1.82, 2.24) is 9.55 Å². The Labute approximate surface area is 283 Å². The minimum atomic E-state index is 1.07. The Hall–Kier alpha value is -6.58. The van der Waals surface area contributed by atoms with E-state index in [4.69, 9.17) is 0 Å². The van der Waals surface area contributed by atoms with Crippen molar-refractivity contribution in [1.29, 1.82) is 0 Å². The summed E-state index contributed by atoms with van der Waals surface area (Å²) in [6, 6.07) is 63.5. The molecule has 3 heteroatoms. The van der Waals surface area contributed by atoms with Crippen molar-refractivity contribution in [2.75, 3.05) is 5.32 Å². The van der Waals surface area contributed by atoms with Gasteiger partial charge in [-0.1, -0.05) is 103 Å². The molecule has 0 aliphatic heterocycles. The molecule has 10 rings (SSSR count). The Kier molecular flexibility index (Phi) is 6.18. The molecule has 2 heterocycles. The first-order valence-corrected chi connectivity index (χ1v) is 16.8. The first-order chi connectivity index (χ1) is 24.3. The standard InChI is InChI=1S/C46H31N3/c1-2-12-36(13-3-1)49-45-17-9-7-15-38(45)41-28-33(21-25-46(41)49)32-19-23-43(47-35-22-18-30-10-4-5-11-31(30)26-35)39(27-32)34-20-24-44-40(29-34)37-14-6-8-16-42(37)48-44/h1-29,47-48H. The third-order valence-corrected chi connectivity index (χ3v) is 9.89. The molecule has 0 radical (unpaired) electrons. The molecule has 0 bridgehead atoms. The molecule has 8 aromatic carbocycles. The quantitative estimate of drug-likeness (QED) is 0.196. The fourth-order valence-electron chi connectivity index (χ4n) is 7.52. The van der Waals surface area contributed by atoms with Crippen molar-refractivity contribution < 1.29 is 0 Å². The molecule has 0 spiro atoms. The molecule has 0 aliphatic rings. The highest BCUT2D eigenvalue weighted by molar-refractivity contribution is 6.11. The average Bonchev–Trinajstić information content (AvgIpc) is 3.70. The van der Waals surface area contributed by atoms with Crippen molar-refractivity contribution in [3.8, 4) is 27.9 Å². The Morgan fingerprint density at radius 1 is 0.408 bits per heavy atom. The van der Waals surface area contributed by atoms with Crippen LogP contribution in [0.1, 0.15) is 0 Å². The normalized spacial score (nSPS) is 11.7. The van der Waals surface area contributed by atoms with Crippen LogP contribution in [-0.4, -0.2) is 9.55 Å². The molecule has 0 aliphatic carbocycles. The average molecular weight is 626 g/mol. The number of hydrogen-bond acceptors (Lipinski definition) is 1. The highest BCUT2D eigenvalue weighted by atomic mass is 15.0. The summed E-state index contributed by atoms with van der Waals surface area (Å²) in [7, 11) is 0. The van der Waals surface area contributed by atoms with Crippen molar-refractivity contribution >= 4 is 65.8 Å². The molecule has 49 heavy (non-hydrogen) atoms. The van der Waals surface area contributed by atoms with E-state index in [0.717, 1.165) is 28.0 Å². The number of nitrogens with one attached hydrogen (secondary N) is 2. The molecular weight excluding hydrogens is 595 g/mol. The summed E-state index contributed by atoms with van der Waals surface area (Å²) in [4.78, 5) is 3.59. The van der Waals surface area contributed by atoms with Gasteiger partial charge >= 0.3 is 0 Å². The van der Waals surface area contributed by atoms with E-state index in [0.29, 0.717) is 0 Å². The van der Waals surface area contributed by atoms with Crippen LogP contribution in [0.3, 0.4) is 0 Å². The number of aromatic nitrogens is 2. The molecule has 2 aromatic heterocycles. The van der Waals surface area contributed by atoms with Crippen molar-refractivity contribution in [3.63, 3.8) is 0 Å². The maximum Gasteiger partial charge on any atom is 0.0541 e. The zero-order chi connectivity index (χ0) is 32.3. The summed E-state index contributed by atoms with van der Waals surface area (Å²) in [5.41, 5.74) is 12.7. The van der Waals surface area contributed by atoms with E-state index in [9.17, 15) is 0 Å². The second kappa shape index (κ2) is 11.0. The molecule has 0 unspecified atom stereocenters. The van der Waals surface area contributed by atoms with Gasteiger partial charge in [0.25, 0.3) is 0 Å². The number of fused-ring (bicyclic) bond motifs is 7. The molecule has 0 amide bonds. The summed E-state index contributed by atoms with van der Waals surface area (Å²) in [5, 5.41) is 11.2. The second-order valence-corrected chi connectivity index (χ2v) is 12.8. The number of benzene rings is 8. The molecular formula is C46H31N3. The van der Waals surface area contributed by atoms with Crippen LogP contribution in [-0.2, 0) is 0 Å². The lowest BCUT2D eigenvalue weighted by Gasteiger charge is -2.16.